The van der Waals surface area contributed by atoms with Crippen molar-refractivity contribution in [1.29, 1.82) is 0 Å². The van der Waals surface area contributed by atoms with Gasteiger partial charge in [0.1, 0.15) is 5.75 Å². The molecule has 0 amide bonds. The Morgan fingerprint density at radius 3 is 2.55 bits per heavy atom. The number of anilines is 1. The van der Waals surface area contributed by atoms with E-state index in [0.717, 1.165) is 30.8 Å². The van der Waals surface area contributed by atoms with Gasteiger partial charge in [0.05, 0.1) is 12.3 Å². The van der Waals surface area contributed by atoms with Crippen LogP contribution in [0.1, 0.15) is 31.4 Å². The van der Waals surface area contributed by atoms with E-state index in [0.29, 0.717) is 12.6 Å². The highest BCUT2D eigenvalue weighted by Crippen LogP contribution is 2.23. The SMILES string of the molecule is CCCOc1ccc(CC(C)NCc2ccccc2)cc1N. The van der Waals surface area contributed by atoms with E-state index in [-0.39, 0.29) is 0 Å². The Balaban J connectivity index is 1.86. The summed E-state index contributed by atoms with van der Waals surface area (Å²) in [4.78, 5) is 0. The van der Waals surface area contributed by atoms with Gasteiger partial charge in [0.15, 0.2) is 0 Å². The number of nitrogens with two attached hydrogens (primary N) is 1. The van der Waals surface area contributed by atoms with E-state index < -0.39 is 0 Å². The zero-order chi connectivity index (χ0) is 15.8. The van der Waals surface area contributed by atoms with Gasteiger partial charge in [-0.25, -0.2) is 0 Å². The lowest BCUT2D eigenvalue weighted by molar-refractivity contribution is 0.319. The average molecular weight is 298 g/mol. The summed E-state index contributed by atoms with van der Waals surface area (Å²) < 4.78 is 5.61. The summed E-state index contributed by atoms with van der Waals surface area (Å²) in [6, 6.07) is 16.9. The second kappa shape index (κ2) is 8.44. The molecule has 118 valence electrons. The molecule has 2 aromatic rings. The summed E-state index contributed by atoms with van der Waals surface area (Å²) >= 11 is 0. The Kier molecular flexibility index (Phi) is 6.28. The summed E-state index contributed by atoms with van der Waals surface area (Å²) in [6.07, 6.45) is 1.94. The third-order valence-electron chi connectivity index (χ3n) is 3.58. The lowest BCUT2D eigenvalue weighted by Crippen LogP contribution is -2.27. The van der Waals surface area contributed by atoms with Crippen LogP contribution in [-0.2, 0) is 13.0 Å². The van der Waals surface area contributed by atoms with E-state index in [9.17, 15) is 0 Å². The minimum absolute atomic E-state index is 0.391. The molecule has 0 saturated carbocycles. The van der Waals surface area contributed by atoms with Crippen molar-refractivity contribution in [3.05, 3.63) is 59.7 Å². The molecule has 0 aliphatic rings. The third kappa shape index (κ3) is 5.08. The molecule has 2 aromatic carbocycles. The first-order chi connectivity index (χ1) is 10.7. The van der Waals surface area contributed by atoms with Crippen LogP contribution >= 0.6 is 0 Å². The Hall–Kier alpha value is -2.00. The monoisotopic (exact) mass is 298 g/mol. The van der Waals surface area contributed by atoms with Gasteiger partial charge in [0, 0.05) is 12.6 Å². The van der Waals surface area contributed by atoms with Crippen LogP contribution in [0.3, 0.4) is 0 Å². The van der Waals surface area contributed by atoms with E-state index in [1.54, 1.807) is 0 Å². The molecule has 0 spiro atoms. The summed E-state index contributed by atoms with van der Waals surface area (Å²) in [7, 11) is 0. The fourth-order valence-corrected chi connectivity index (χ4v) is 2.38. The maximum absolute atomic E-state index is 6.06. The highest BCUT2D eigenvalue weighted by atomic mass is 16.5. The molecule has 0 aromatic heterocycles. The highest BCUT2D eigenvalue weighted by molar-refractivity contribution is 5.54. The number of nitrogens with one attached hydrogen (secondary N) is 1. The molecule has 22 heavy (non-hydrogen) atoms. The van der Waals surface area contributed by atoms with Crippen molar-refractivity contribution < 1.29 is 4.74 Å². The van der Waals surface area contributed by atoms with Gasteiger partial charge in [0.25, 0.3) is 0 Å². The predicted molar refractivity (Wildman–Crippen MR) is 93.1 cm³/mol. The van der Waals surface area contributed by atoms with Crippen LogP contribution in [-0.4, -0.2) is 12.6 Å². The van der Waals surface area contributed by atoms with Crippen LogP contribution < -0.4 is 15.8 Å². The molecule has 0 fully saturated rings. The fourth-order valence-electron chi connectivity index (χ4n) is 2.38. The van der Waals surface area contributed by atoms with Crippen LogP contribution in [0.25, 0.3) is 0 Å². The van der Waals surface area contributed by atoms with Crippen molar-refractivity contribution in [2.24, 2.45) is 0 Å². The summed E-state index contributed by atoms with van der Waals surface area (Å²) in [5.74, 6) is 0.787. The molecule has 1 atom stereocenters. The van der Waals surface area contributed by atoms with Crippen LogP contribution in [0.5, 0.6) is 5.75 Å². The Morgan fingerprint density at radius 2 is 1.86 bits per heavy atom. The van der Waals surface area contributed by atoms with Gasteiger partial charge in [-0.05, 0) is 43.0 Å². The highest BCUT2D eigenvalue weighted by Gasteiger charge is 2.06. The van der Waals surface area contributed by atoms with Crippen molar-refractivity contribution in [2.75, 3.05) is 12.3 Å². The Labute approximate surface area is 133 Å². The molecule has 1 unspecified atom stereocenters. The first-order valence-corrected chi connectivity index (χ1v) is 7.97. The molecule has 0 radical (unpaired) electrons. The predicted octanol–water partition coefficient (Wildman–Crippen LogP) is 3.78. The van der Waals surface area contributed by atoms with Crippen molar-refractivity contribution in [1.82, 2.24) is 5.32 Å². The molecule has 3 N–H and O–H groups in total. The number of benzene rings is 2. The summed E-state index contributed by atoms with van der Waals surface area (Å²) in [5.41, 5.74) is 9.31. The number of rotatable bonds is 8. The van der Waals surface area contributed by atoms with Crippen molar-refractivity contribution >= 4 is 5.69 Å². The molecule has 3 heteroatoms. The molecule has 0 heterocycles. The van der Waals surface area contributed by atoms with Crippen LogP contribution in [0.2, 0.25) is 0 Å². The zero-order valence-corrected chi connectivity index (χ0v) is 13.5. The smallest absolute Gasteiger partial charge is 0.142 e. The lowest BCUT2D eigenvalue weighted by Gasteiger charge is -2.15. The molecular formula is C19H26N2O. The van der Waals surface area contributed by atoms with Gasteiger partial charge in [-0.2, -0.15) is 0 Å². The van der Waals surface area contributed by atoms with Crippen molar-refractivity contribution in [3.63, 3.8) is 0 Å². The largest absolute Gasteiger partial charge is 0.491 e. The Morgan fingerprint density at radius 1 is 1.09 bits per heavy atom. The maximum Gasteiger partial charge on any atom is 0.142 e. The van der Waals surface area contributed by atoms with E-state index in [1.807, 2.05) is 18.2 Å². The van der Waals surface area contributed by atoms with E-state index >= 15 is 0 Å². The molecular weight excluding hydrogens is 272 g/mol. The number of ether oxygens (including phenoxy) is 1. The van der Waals surface area contributed by atoms with Crippen molar-refractivity contribution in [3.8, 4) is 5.75 Å². The first-order valence-electron chi connectivity index (χ1n) is 7.97. The standard InChI is InChI=1S/C19H26N2O/c1-3-11-22-19-10-9-17(13-18(19)20)12-15(2)21-14-16-7-5-4-6-8-16/h4-10,13,15,21H,3,11-12,14,20H2,1-2H3. The van der Waals surface area contributed by atoms with Crippen LogP contribution in [0.15, 0.2) is 48.5 Å². The summed E-state index contributed by atoms with van der Waals surface area (Å²) in [6.45, 7) is 5.87. The van der Waals surface area contributed by atoms with Gasteiger partial charge < -0.3 is 15.8 Å². The fraction of sp³-hybridized carbons (Fsp3) is 0.368. The minimum atomic E-state index is 0.391. The maximum atomic E-state index is 6.06. The van der Waals surface area contributed by atoms with Gasteiger partial charge >= 0.3 is 0 Å². The molecule has 0 saturated heterocycles. The number of nitrogen functional groups attached to an aromatic ring is 1. The first kappa shape index (κ1) is 16.4. The van der Waals surface area contributed by atoms with Crippen molar-refractivity contribution in [2.45, 2.75) is 39.3 Å². The molecule has 0 aliphatic carbocycles. The molecule has 3 nitrogen and oxygen atoms in total. The van der Waals surface area contributed by atoms with Crippen LogP contribution in [0, 0.1) is 0 Å². The van der Waals surface area contributed by atoms with E-state index in [1.165, 1.54) is 11.1 Å². The van der Waals surface area contributed by atoms with Gasteiger partial charge in [-0.15, -0.1) is 0 Å². The number of hydrogen-bond donors (Lipinski definition) is 2. The summed E-state index contributed by atoms with van der Waals surface area (Å²) in [5, 5.41) is 3.54. The average Bonchev–Trinajstić information content (AvgIpc) is 2.53. The van der Waals surface area contributed by atoms with E-state index in [2.05, 4.69) is 49.5 Å². The van der Waals surface area contributed by atoms with Gasteiger partial charge in [-0.3, -0.25) is 0 Å². The zero-order valence-electron chi connectivity index (χ0n) is 13.5. The molecule has 0 bridgehead atoms. The van der Waals surface area contributed by atoms with Gasteiger partial charge in [0.2, 0.25) is 0 Å². The van der Waals surface area contributed by atoms with Gasteiger partial charge in [-0.1, -0.05) is 43.3 Å². The van der Waals surface area contributed by atoms with E-state index in [4.69, 9.17) is 10.5 Å². The lowest BCUT2D eigenvalue weighted by atomic mass is 10.1. The second-order valence-corrected chi connectivity index (χ2v) is 5.69. The number of hydrogen-bond acceptors (Lipinski definition) is 3. The minimum Gasteiger partial charge on any atom is -0.491 e. The normalized spacial score (nSPS) is 12.1. The molecule has 2 rings (SSSR count). The second-order valence-electron chi connectivity index (χ2n) is 5.69. The quantitative estimate of drug-likeness (QED) is 0.729. The molecule has 0 aliphatic heterocycles. The van der Waals surface area contributed by atoms with Crippen LogP contribution in [0.4, 0.5) is 5.69 Å². The third-order valence-corrected chi connectivity index (χ3v) is 3.58. The Bertz CT molecular complexity index is 569. The topological polar surface area (TPSA) is 47.3 Å².